The van der Waals surface area contributed by atoms with Gasteiger partial charge in [0.2, 0.25) is 5.91 Å². The molecule has 1 aromatic heterocycles. The van der Waals surface area contributed by atoms with Crippen molar-refractivity contribution in [3.05, 3.63) is 51.7 Å². The van der Waals surface area contributed by atoms with Crippen LogP contribution in [0.5, 0.6) is 0 Å². The molecule has 2 heterocycles. The van der Waals surface area contributed by atoms with Gasteiger partial charge in [-0.05, 0) is 57.5 Å². The van der Waals surface area contributed by atoms with Crippen molar-refractivity contribution in [3.63, 3.8) is 0 Å². The number of aromatic carboxylic acids is 1. The predicted molar refractivity (Wildman–Crippen MR) is 129 cm³/mol. The number of carboxylic acid groups (broad SMARTS) is 1. The first-order valence-corrected chi connectivity index (χ1v) is 12.4. The molecule has 2 unspecified atom stereocenters. The van der Waals surface area contributed by atoms with Gasteiger partial charge in [-0.3, -0.25) is 4.79 Å². The van der Waals surface area contributed by atoms with E-state index >= 15 is 0 Å². The van der Waals surface area contributed by atoms with Crippen LogP contribution in [0, 0.1) is 6.92 Å². The van der Waals surface area contributed by atoms with Gasteiger partial charge in [0.05, 0.1) is 12.5 Å². The van der Waals surface area contributed by atoms with Crippen molar-refractivity contribution in [2.24, 2.45) is 0 Å². The van der Waals surface area contributed by atoms with E-state index < -0.39 is 35.5 Å². The molecule has 3 rings (SSSR count). The van der Waals surface area contributed by atoms with E-state index in [9.17, 15) is 24.3 Å². The monoisotopic (exact) mass is 504 g/mol. The Morgan fingerprint density at radius 3 is 2.53 bits per heavy atom. The minimum absolute atomic E-state index is 0.0859. The quantitative estimate of drug-likeness (QED) is 0.579. The summed E-state index contributed by atoms with van der Waals surface area (Å²) in [5.41, 5.74) is -0.550. The largest absolute Gasteiger partial charge is 0.545 e. The number of thiophene rings is 1. The van der Waals surface area contributed by atoms with Gasteiger partial charge in [0.15, 0.2) is 0 Å². The van der Waals surface area contributed by atoms with Crippen LogP contribution < -0.4 is 15.7 Å². The number of nitrogens with zero attached hydrogens (tertiary/aromatic N) is 1. The Kier molecular flexibility index (Phi) is 7.88. The lowest BCUT2D eigenvalue weighted by Crippen LogP contribution is -2.49. The average Bonchev–Trinajstić information content (AvgIpc) is 3.37. The standard InChI is InChI=1S/C23H27N3O6S2/c1-13-8-9-17(34-13)19-26(16(12-33-19)21(30)32-23(2,3)4)18(27)11-24-22(31)25-15-7-5-6-14(10-15)20(28)29/h5-10,16,19H,11-12H2,1-4H3,(H,28,29)(H2,24,25,31)/p-1. The highest BCUT2D eigenvalue weighted by molar-refractivity contribution is 7.99. The van der Waals surface area contributed by atoms with Crippen LogP contribution in [0.15, 0.2) is 36.4 Å². The van der Waals surface area contributed by atoms with Crippen LogP contribution in [0.2, 0.25) is 0 Å². The fourth-order valence-electron chi connectivity index (χ4n) is 3.31. The van der Waals surface area contributed by atoms with E-state index in [1.807, 2.05) is 19.1 Å². The number of rotatable bonds is 6. The number of carbonyl (C=O) groups is 4. The number of carboxylic acids is 1. The molecule has 1 aliphatic heterocycles. The molecule has 2 atom stereocenters. The summed E-state index contributed by atoms with van der Waals surface area (Å²) in [5.74, 6) is -1.91. The summed E-state index contributed by atoms with van der Waals surface area (Å²) in [6.07, 6.45) is 0. The molecule has 2 N–H and O–H groups in total. The molecule has 182 valence electrons. The lowest BCUT2D eigenvalue weighted by Gasteiger charge is -2.30. The minimum atomic E-state index is -1.37. The van der Waals surface area contributed by atoms with Crippen LogP contribution in [-0.4, -0.2) is 52.7 Å². The van der Waals surface area contributed by atoms with Crippen molar-refractivity contribution >= 4 is 52.7 Å². The highest BCUT2D eigenvalue weighted by Crippen LogP contribution is 2.44. The van der Waals surface area contributed by atoms with Crippen molar-refractivity contribution in [1.82, 2.24) is 10.2 Å². The molecule has 2 aromatic rings. The third-order valence-electron chi connectivity index (χ3n) is 4.73. The highest BCUT2D eigenvalue weighted by atomic mass is 32.2. The summed E-state index contributed by atoms with van der Waals surface area (Å²) in [6.45, 7) is 6.90. The lowest BCUT2D eigenvalue weighted by molar-refractivity contribution is -0.255. The molecule has 1 fully saturated rings. The Labute approximate surface area is 205 Å². The molecule has 0 spiro atoms. The molecule has 3 amide bonds. The highest BCUT2D eigenvalue weighted by Gasteiger charge is 2.44. The van der Waals surface area contributed by atoms with Gasteiger partial charge in [-0.1, -0.05) is 12.1 Å². The van der Waals surface area contributed by atoms with E-state index in [1.54, 1.807) is 32.1 Å². The fraction of sp³-hybridized carbons (Fsp3) is 0.391. The van der Waals surface area contributed by atoms with Gasteiger partial charge in [0, 0.05) is 21.2 Å². The van der Waals surface area contributed by atoms with E-state index in [4.69, 9.17) is 4.74 Å². The number of amides is 3. The number of anilines is 1. The molecule has 0 saturated carbocycles. The number of urea groups is 1. The van der Waals surface area contributed by atoms with Crippen LogP contribution in [0.25, 0.3) is 0 Å². The van der Waals surface area contributed by atoms with Gasteiger partial charge in [-0.25, -0.2) is 9.59 Å². The van der Waals surface area contributed by atoms with E-state index in [2.05, 4.69) is 10.6 Å². The smallest absolute Gasteiger partial charge is 0.330 e. The van der Waals surface area contributed by atoms with Crippen LogP contribution in [0.3, 0.4) is 0 Å². The fourth-order valence-corrected chi connectivity index (χ4v) is 5.85. The maximum atomic E-state index is 13.2. The Bertz CT molecular complexity index is 1090. The average molecular weight is 505 g/mol. The molecule has 0 aliphatic carbocycles. The topological polar surface area (TPSA) is 128 Å². The minimum Gasteiger partial charge on any atom is -0.545 e. The van der Waals surface area contributed by atoms with Gasteiger partial charge < -0.3 is 30.2 Å². The normalized spacial score (nSPS) is 17.8. The summed E-state index contributed by atoms with van der Waals surface area (Å²) >= 11 is 3.02. The first kappa shape index (κ1) is 25.6. The van der Waals surface area contributed by atoms with Crippen molar-refractivity contribution in [2.45, 2.75) is 44.7 Å². The Morgan fingerprint density at radius 2 is 1.91 bits per heavy atom. The molecule has 34 heavy (non-hydrogen) atoms. The SMILES string of the molecule is Cc1ccc(C2SCC(C(=O)OC(C)(C)C)N2C(=O)CNC(=O)Nc2cccc(C(=O)[O-])c2)s1. The molecule has 0 bridgehead atoms. The van der Waals surface area contributed by atoms with E-state index in [0.29, 0.717) is 5.75 Å². The molecular weight excluding hydrogens is 478 g/mol. The number of thioether (sulfide) groups is 1. The van der Waals surface area contributed by atoms with Gasteiger partial charge in [0.25, 0.3) is 0 Å². The molecule has 11 heteroatoms. The molecule has 9 nitrogen and oxygen atoms in total. The van der Waals surface area contributed by atoms with Crippen LogP contribution in [0.4, 0.5) is 10.5 Å². The number of nitrogens with one attached hydrogen (secondary N) is 2. The molecule has 1 aromatic carbocycles. The Balaban J connectivity index is 1.71. The Hall–Kier alpha value is -3.05. The molecule has 1 aliphatic rings. The van der Waals surface area contributed by atoms with Crippen molar-refractivity contribution < 1.29 is 29.0 Å². The second kappa shape index (κ2) is 10.5. The maximum absolute atomic E-state index is 13.2. The number of aryl methyl sites for hydroxylation is 1. The van der Waals surface area contributed by atoms with Gasteiger partial charge in [-0.2, -0.15) is 0 Å². The number of benzene rings is 1. The second-order valence-corrected chi connectivity index (χ2v) is 11.1. The summed E-state index contributed by atoms with van der Waals surface area (Å²) < 4.78 is 5.53. The molecule has 1 saturated heterocycles. The summed E-state index contributed by atoms with van der Waals surface area (Å²) in [6, 6.07) is 7.99. The zero-order chi connectivity index (χ0) is 25.0. The number of hydrogen-bond acceptors (Lipinski definition) is 8. The van der Waals surface area contributed by atoms with E-state index in [1.165, 1.54) is 40.9 Å². The molecular formula is C23H26N3O6S2-. The van der Waals surface area contributed by atoms with E-state index in [0.717, 1.165) is 9.75 Å². The Morgan fingerprint density at radius 1 is 1.18 bits per heavy atom. The first-order chi connectivity index (χ1) is 15.9. The van der Waals surface area contributed by atoms with Gasteiger partial charge in [-0.15, -0.1) is 23.1 Å². The number of hydrogen-bond donors (Lipinski definition) is 2. The first-order valence-electron chi connectivity index (χ1n) is 10.5. The van der Waals surface area contributed by atoms with Crippen LogP contribution in [-0.2, 0) is 14.3 Å². The zero-order valence-electron chi connectivity index (χ0n) is 19.2. The van der Waals surface area contributed by atoms with Crippen molar-refractivity contribution in [2.75, 3.05) is 17.6 Å². The second-order valence-electron chi connectivity index (χ2n) is 8.66. The van der Waals surface area contributed by atoms with Crippen molar-refractivity contribution in [3.8, 4) is 0 Å². The number of carbonyl (C=O) groups excluding carboxylic acids is 4. The zero-order valence-corrected chi connectivity index (χ0v) is 20.9. The van der Waals surface area contributed by atoms with Crippen LogP contribution in [0.1, 0.15) is 46.3 Å². The number of esters is 1. The van der Waals surface area contributed by atoms with E-state index in [-0.39, 0.29) is 23.2 Å². The summed E-state index contributed by atoms with van der Waals surface area (Å²) in [5, 5.41) is 15.6. The number of ether oxygens (including phenoxy) is 1. The third-order valence-corrected chi connectivity index (χ3v) is 7.24. The summed E-state index contributed by atoms with van der Waals surface area (Å²) in [7, 11) is 0. The maximum Gasteiger partial charge on any atom is 0.330 e. The third kappa shape index (κ3) is 6.51. The lowest BCUT2D eigenvalue weighted by atomic mass is 10.2. The van der Waals surface area contributed by atoms with Gasteiger partial charge >= 0.3 is 12.0 Å². The van der Waals surface area contributed by atoms with Crippen LogP contribution >= 0.6 is 23.1 Å². The summed E-state index contributed by atoms with van der Waals surface area (Å²) in [4.78, 5) is 52.8. The predicted octanol–water partition coefficient (Wildman–Crippen LogP) is 2.53. The van der Waals surface area contributed by atoms with Crippen molar-refractivity contribution in [1.29, 1.82) is 0 Å². The molecule has 0 radical (unpaired) electrons. The van der Waals surface area contributed by atoms with Gasteiger partial charge in [0.1, 0.15) is 17.0 Å².